The van der Waals surface area contributed by atoms with Gasteiger partial charge in [-0.15, -0.1) is 0 Å². The maximum atomic E-state index is 11.9. The zero-order chi connectivity index (χ0) is 19.1. The standard InChI is InChI=1S/C20H22ClN3O2/c1-12-10-14(22-19(25)26-20(2,3)4)7-8-15(12)18-16-11-13(21)6-9-17(16)24(5)23-18/h6-11H,1-5H3,(H,22,25). The predicted molar refractivity (Wildman–Crippen MR) is 106 cm³/mol. The molecule has 3 rings (SSSR count). The Morgan fingerprint density at radius 1 is 1.19 bits per heavy atom. The van der Waals surface area contributed by atoms with Crippen molar-refractivity contribution in [2.75, 3.05) is 5.32 Å². The first-order valence-electron chi connectivity index (χ1n) is 8.37. The number of carbonyl (C=O) groups excluding carboxylic acids is 1. The predicted octanol–water partition coefficient (Wildman–Crippen LogP) is 5.55. The number of aromatic nitrogens is 2. The highest BCUT2D eigenvalue weighted by molar-refractivity contribution is 6.31. The smallest absolute Gasteiger partial charge is 0.412 e. The number of benzene rings is 2. The third-order valence-corrected chi connectivity index (χ3v) is 4.17. The Kier molecular flexibility index (Phi) is 4.67. The molecule has 0 aliphatic rings. The molecule has 1 N–H and O–H groups in total. The lowest BCUT2D eigenvalue weighted by atomic mass is 10.0. The van der Waals surface area contributed by atoms with Crippen LogP contribution in [0.2, 0.25) is 5.02 Å². The summed E-state index contributed by atoms with van der Waals surface area (Å²) in [6.07, 6.45) is -0.472. The molecule has 136 valence electrons. The second-order valence-electron chi connectivity index (χ2n) is 7.29. The normalized spacial score (nSPS) is 11.6. The highest BCUT2D eigenvalue weighted by atomic mass is 35.5. The van der Waals surface area contributed by atoms with Gasteiger partial charge >= 0.3 is 6.09 Å². The van der Waals surface area contributed by atoms with E-state index in [1.165, 1.54) is 0 Å². The van der Waals surface area contributed by atoms with Gasteiger partial charge < -0.3 is 4.74 Å². The van der Waals surface area contributed by atoms with E-state index < -0.39 is 11.7 Å². The van der Waals surface area contributed by atoms with Gasteiger partial charge in [0.1, 0.15) is 11.3 Å². The summed E-state index contributed by atoms with van der Waals surface area (Å²) in [6.45, 7) is 7.48. The number of fused-ring (bicyclic) bond motifs is 1. The van der Waals surface area contributed by atoms with Gasteiger partial charge in [0.05, 0.1) is 5.52 Å². The van der Waals surface area contributed by atoms with Gasteiger partial charge in [0.25, 0.3) is 0 Å². The van der Waals surface area contributed by atoms with E-state index in [1.54, 1.807) is 0 Å². The van der Waals surface area contributed by atoms with Crippen LogP contribution in [0.3, 0.4) is 0 Å². The van der Waals surface area contributed by atoms with E-state index in [0.29, 0.717) is 10.7 Å². The molecule has 0 aliphatic carbocycles. The Morgan fingerprint density at radius 3 is 2.58 bits per heavy atom. The highest BCUT2D eigenvalue weighted by Crippen LogP contribution is 2.32. The fourth-order valence-electron chi connectivity index (χ4n) is 2.87. The number of ether oxygens (including phenoxy) is 1. The van der Waals surface area contributed by atoms with E-state index in [2.05, 4.69) is 10.4 Å². The SMILES string of the molecule is Cc1cc(NC(=O)OC(C)(C)C)ccc1-c1nn(C)c2ccc(Cl)cc12. The minimum atomic E-state index is -0.536. The van der Waals surface area contributed by atoms with Crippen molar-refractivity contribution >= 4 is 34.3 Å². The third kappa shape index (κ3) is 3.83. The van der Waals surface area contributed by atoms with Crippen LogP contribution < -0.4 is 5.32 Å². The number of aryl methyl sites for hydroxylation is 2. The topological polar surface area (TPSA) is 56.1 Å². The van der Waals surface area contributed by atoms with E-state index in [-0.39, 0.29) is 0 Å². The third-order valence-electron chi connectivity index (χ3n) is 3.94. The quantitative estimate of drug-likeness (QED) is 0.642. The molecule has 2 aromatic carbocycles. The van der Waals surface area contributed by atoms with Crippen molar-refractivity contribution in [3.8, 4) is 11.3 Å². The summed E-state index contributed by atoms with van der Waals surface area (Å²) in [4.78, 5) is 11.9. The molecule has 3 aromatic rings. The molecule has 1 aromatic heterocycles. The maximum absolute atomic E-state index is 11.9. The molecule has 6 heteroatoms. The van der Waals surface area contributed by atoms with Crippen LogP contribution in [0.25, 0.3) is 22.2 Å². The van der Waals surface area contributed by atoms with Crippen LogP contribution in [0.4, 0.5) is 10.5 Å². The largest absolute Gasteiger partial charge is 0.444 e. The van der Waals surface area contributed by atoms with Crippen molar-refractivity contribution in [2.24, 2.45) is 7.05 Å². The zero-order valence-corrected chi connectivity index (χ0v) is 16.3. The van der Waals surface area contributed by atoms with Crippen molar-refractivity contribution in [3.05, 3.63) is 47.0 Å². The molecule has 0 spiro atoms. The van der Waals surface area contributed by atoms with E-state index >= 15 is 0 Å². The molecule has 0 unspecified atom stereocenters. The lowest BCUT2D eigenvalue weighted by Crippen LogP contribution is -2.27. The Labute approximate surface area is 157 Å². The van der Waals surface area contributed by atoms with Crippen LogP contribution in [0.15, 0.2) is 36.4 Å². The van der Waals surface area contributed by atoms with Crippen LogP contribution in [-0.4, -0.2) is 21.5 Å². The van der Waals surface area contributed by atoms with Crippen molar-refractivity contribution in [1.29, 1.82) is 0 Å². The van der Waals surface area contributed by atoms with Crippen molar-refractivity contribution in [1.82, 2.24) is 9.78 Å². The summed E-state index contributed by atoms with van der Waals surface area (Å²) >= 11 is 6.16. The molecular formula is C20H22ClN3O2. The van der Waals surface area contributed by atoms with Gasteiger partial charge in [-0.1, -0.05) is 17.7 Å². The number of hydrogen-bond donors (Lipinski definition) is 1. The number of anilines is 1. The number of halogens is 1. The number of rotatable bonds is 2. The summed E-state index contributed by atoms with van der Waals surface area (Å²) in [5.41, 5.74) is 4.02. The van der Waals surface area contributed by atoms with Gasteiger partial charge in [-0.25, -0.2) is 4.79 Å². The Balaban J connectivity index is 1.94. The van der Waals surface area contributed by atoms with Gasteiger partial charge in [0, 0.05) is 28.7 Å². The molecule has 5 nitrogen and oxygen atoms in total. The van der Waals surface area contributed by atoms with Crippen molar-refractivity contribution in [3.63, 3.8) is 0 Å². The monoisotopic (exact) mass is 371 g/mol. The molecule has 0 saturated heterocycles. The van der Waals surface area contributed by atoms with Gasteiger partial charge in [-0.3, -0.25) is 10.00 Å². The van der Waals surface area contributed by atoms with Crippen LogP contribution in [-0.2, 0) is 11.8 Å². The Bertz CT molecular complexity index is 987. The molecule has 1 heterocycles. The van der Waals surface area contributed by atoms with Crippen molar-refractivity contribution < 1.29 is 9.53 Å². The van der Waals surface area contributed by atoms with Gasteiger partial charge in [0.2, 0.25) is 0 Å². The number of nitrogens with one attached hydrogen (secondary N) is 1. The van der Waals surface area contributed by atoms with Crippen LogP contribution in [0, 0.1) is 6.92 Å². The fourth-order valence-corrected chi connectivity index (χ4v) is 3.04. The number of nitrogens with zero attached hydrogens (tertiary/aromatic N) is 2. The lowest BCUT2D eigenvalue weighted by Gasteiger charge is -2.20. The first-order chi connectivity index (χ1) is 12.1. The molecule has 1 amide bonds. The summed E-state index contributed by atoms with van der Waals surface area (Å²) in [5, 5.41) is 9.08. The summed E-state index contributed by atoms with van der Waals surface area (Å²) in [7, 11) is 1.91. The van der Waals surface area contributed by atoms with Gasteiger partial charge in [-0.05, 0) is 63.6 Å². The molecule has 0 bridgehead atoms. The van der Waals surface area contributed by atoms with E-state index in [4.69, 9.17) is 16.3 Å². The summed E-state index contributed by atoms with van der Waals surface area (Å²) in [5.74, 6) is 0. The molecular weight excluding hydrogens is 350 g/mol. The van der Waals surface area contributed by atoms with E-state index in [0.717, 1.165) is 27.7 Å². The van der Waals surface area contributed by atoms with Crippen molar-refractivity contribution in [2.45, 2.75) is 33.3 Å². The fraction of sp³-hybridized carbons (Fsp3) is 0.300. The second kappa shape index (κ2) is 6.65. The molecule has 0 radical (unpaired) electrons. The van der Waals surface area contributed by atoms with Gasteiger partial charge in [-0.2, -0.15) is 5.10 Å². The zero-order valence-electron chi connectivity index (χ0n) is 15.6. The molecule has 0 atom stereocenters. The molecule has 0 aliphatic heterocycles. The Hall–Kier alpha value is -2.53. The Morgan fingerprint density at radius 2 is 1.92 bits per heavy atom. The van der Waals surface area contributed by atoms with Crippen LogP contribution in [0.5, 0.6) is 0 Å². The summed E-state index contributed by atoms with van der Waals surface area (Å²) in [6, 6.07) is 11.4. The number of hydrogen-bond acceptors (Lipinski definition) is 3. The van der Waals surface area contributed by atoms with E-state index in [1.807, 2.05) is 75.8 Å². The first kappa shape index (κ1) is 18.3. The van der Waals surface area contributed by atoms with E-state index in [9.17, 15) is 4.79 Å². The minimum Gasteiger partial charge on any atom is -0.444 e. The number of amides is 1. The minimum absolute atomic E-state index is 0.472. The first-order valence-corrected chi connectivity index (χ1v) is 8.75. The second-order valence-corrected chi connectivity index (χ2v) is 7.73. The number of carbonyl (C=O) groups is 1. The molecule has 0 fully saturated rings. The average molecular weight is 372 g/mol. The summed E-state index contributed by atoms with van der Waals surface area (Å²) < 4.78 is 7.13. The average Bonchev–Trinajstić information content (AvgIpc) is 2.81. The lowest BCUT2D eigenvalue weighted by molar-refractivity contribution is 0.0636. The van der Waals surface area contributed by atoms with Crippen LogP contribution >= 0.6 is 11.6 Å². The van der Waals surface area contributed by atoms with Gasteiger partial charge in [0.15, 0.2) is 0 Å². The molecule has 26 heavy (non-hydrogen) atoms. The highest BCUT2D eigenvalue weighted by Gasteiger charge is 2.17. The molecule has 0 saturated carbocycles. The maximum Gasteiger partial charge on any atom is 0.412 e. The van der Waals surface area contributed by atoms with Crippen LogP contribution in [0.1, 0.15) is 26.3 Å².